The molecule has 0 spiro atoms. The summed E-state index contributed by atoms with van der Waals surface area (Å²) < 4.78 is 4.88. The van der Waals surface area contributed by atoms with Crippen LogP contribution in [0.4, 0.5) is 0 Å². The highest BCUT2D eigenvalue weighted by Crippen LogP contribution is 2.29. The van der Waals surface area contributed by atoms with Crippen LogP contribution in [-0.2, 0) is 9.53 Å². The van der Waals surface area contributed by atoms with E-state index in [-0.39, 0.29) is 17.8 Å². The molecule has 88 valence electrons. The predicted molar refractivity (Wildman–Crippen MR) is 65.5 cm³/mol. The van der Waals surface area contributed by atoms with Crippen LogP contribution in [0.1, 0.15) is 36.5 Å². The van der Waals surface area contributed by atoms with Gasteiger partial charge in [0.2, 0.25) is 0 Å². The minimum absolute atomic E-state index is 0.149. The number of methoxy groups -OCH3 is 1. The van der Waals surface area contributed by atoms with Gasteiger partial charge in [-0.1, -0.05) is 37.6 Å². The summed E-state index contributed by atoms with van der Waals surface area (Å²) in [5.41, 5.74) is 3.41. The van der Waals surface area contributed by atoms with Crippen molar-refractivity contribution in [3.8, 4) is 0 Å². The van der Waals surface area contributed by atoms with Gasteiger partial charge < -0.3 is 4.74 Å². The number of rotatable bonds is 3. The summed E-state index contributed by atoms with van der Waals surface area (Å²) in [7, 11) is 1.45. The molecule has 0 saturated heterocycles. The van der Waals surface area contributed by atoms with Crippen molar-refractivity contribution in [2.45, 2.75) is 33.6 Å². The highest BCUT2D eigenvalue weighted by molar-refractivity contribution is 5.79. The van der Waals surface area contributed by atoms with Crippen molar-refractivity contribution < 1.29 is 9.53 Å². The van der Waals surface area contributed by atoms with Crippen molar-refractivity contribution in [1.29, 1.82) is 0 Å². The fourth-order valence-electron chi connectivity index (χ4n) is 1.98. The molecule has 0 heterocycles. The molecule has 2 heteroatoms. The molecule has 0 fully saturated rings. The van der Waals surface area contributed by atoms with Gasteiger partial charge in [0.1, 0.15) is 0 Å². The lowest BCUT2D eigenvalue weighted by Gasteiger charge is -2.21. The molecule has 0 aliphatic heterocycles. The maximum Gasteiger partial charge on any atom is 0.313 e. The van der Waals surface area contributed by atoms with Gasteiger partial charge in [0.05, 0.1) is 13.0 Å². The van der Waals surface area contributed by atoms with Crippen LogP contribution in [0.2, 0.25) is 0 Å². The average Bonchev–Trinajstić information content (AvgIpc) is 2.22. The van der Waals surface area contributed by atoms with Gasteiger partial charge in [0.15, 0.2) is 0 Å². The molecular weight excluding hydrogens is 200 g/mol. The molecular formula is C14H20O2. The van der Waals surface area contributed by atoms with Gasteiger partial charge in [-0.3, -0.25) is 4.79 Å². The van der Waals surface area contributed by atoms with E-state index < -0.39 is 0 Å². The average molecular weight is 220 g/mol. The molecule has 0 saturated carbocycles. The van der Waals surface area contributed by atoms with Crippen LogP contribution in [0.3, 0.4) is 0 Å². The normalized spacial score (nSPS) is 12.6. The van der Waals surface area contributed by atoms with Crippen LogP contribution >= 0.6 is 0 Å². The number of carbonyl (C=O) groups excluding carboxylic acids is 1. The molecule has 0 N–H and O–H groups in total. The molecule has 0 bridgehead atoms. The van der Waals surface area contributed by atoms with E-state index >= 15 is 0 Å². The van der Waals surface area contributed by atoms with Crippen molar-refractivity contribution in [3.63, 3.8) is 0 Å². The predicted octanol–water partition coefficient (Wildman–Crippen LogP) is 3.22. The van der Waals surface area contributed by atoms with E-state index in [4.69, 9.17) is 4.74 Å². The van der Waals surface area contributed by atoms with Gasteiger partial charge in [0.25, 0.3) is 0 Å². The molecule has 1 atom stereocenters. The topological polar surface area (TPSA) is 26.3 Å². The van der Waals surface area contributed by atoms with Gasteiger partial charge in [0, 0.05) is 0 Å². The second-order valence-electron chi connectivity index (χ2n) is 4.60. The lowest BCUT2D eigenvalue weighted by atomic mass is 9.85. The Kier molecular flexibility index (Phi) is 4.11. The summed E-state index contributed by atoms with van der Waals surface area (Å²) in [6.45, 7) is 8.16. The molecule has 1 unspecified atom stereocenters. The zero-order valence-electron chi connectivity index (χ0n) is 10.7. The summed E-state index contributed by atoms with van der Waals surface area (Å²) >= 11 is 0. The van der Waals surface area contributed by atoms with Crippen LogP contribution in [0.15, 0.2) is 18.2 Å². The van der Waals surface area contributed by atoms with Gasteiger partial charge >= 0.3 is 5.97 Å². The van der Waals surface area contributed by atoms with Gasteiger partial charge in [-0.25, -0.2) is 0 Å². The molecule has 1 aromatic carbocycles. The number of aryl methyl sites for hydroxylation is 2. The van der Waals surface area contributed by atoms with E-state index in [0.29, 0.717) is 0 Å². The lowest BCUT2D eigenvalue weighted by molar-refractivity contribution is -0.143. The van der Waals surface area contributed by atoms with E-state index in [1.165, 1.54) is 12.7 Å². The summed E-state index contributed by atoms with van der Waals surface area (Å²) in [4.78, 5) is 11.8. The second kappa shape index (κ2) is 5.15. The Morgan fingerprint density at radius 3 is 2.38 bits per heavy atom. The molecule has 0 aromatic heterocycles. The van der Waals surface area contributed by atoms with Crippen molar-refractivity contribution in [2.24, 2.45) is 5.92 Å². The van der Waals surface area contributed by atoms with Crippen molar-refractivity contribution >= 4 is 5.97 Å². The van der Waals surface area contributed by atoms with Crippen LogP contribution < -0.4 is 0 Å². The monoisotopic (exact) mass is 220 g/mol. The maximum atomic E-state index is 11.8. The summed E-state index contributed by atoms with van der Waals surface area (Å²) in [6, 6.07) is 6.20. The third kappa shape index (κ3) is 2.63. The zero-order chi connectivity index (χ0) is 12.3. The number of ether oxygens (including phenoxy) is 1. The number of hydrogen-bond acceptors (Lipinski definition) is 2. The Balaban J connectivity index is 3.20. The van der Waals surface area contributed by atoms with Gasteiger partial charge in [-0.15, -0.1) is 0 Å². The van der Waals surface area contributed by atoms with Crippen LogP contribution in [0.25, 0.3) is 0 Å². The van der Waals surface area contributed by atoms with E-state index in [2.05, 4.69) is 18.2 Å². The quantitative estimate of drug-likeness (QED) is 0.731. The van der Waals surface area contributed by atoms with Gasteiger partial charge in [-0.2, -0.15) is 0 Å². The fraction of sp³-hybridized carbons (Fsp3) is 0.500. The minimum Gasteiger partial charge on any atom is -0.469 e. The molecule has 1 aromatic rings. The zero-order valence-corrected chi connectivity index (χ0v) is 10.7. The molecule has 0 aliphatic carbocycles. The minimum atomic E-state index is -0.162. The van der Waals surface area contributed by atoms with Crippen molar-refractivity contribution in [2.75, 3.05) is 7.11 Å². The highest BCUT2D eigenvalue weighted by atomic mass is 16.5. The van der Waals surface area contributed by atoms with Crippen LogP contribution in [0.5, 0.6) is 0 Å². The molecule has 2 nitrogen and oxygen atoms in total. The largest absolute Gasteiger partial charge is 0.469 e. The smallest absolute Gasteiger partial charge is 0.313 e. The van der Waals surface area contributed by atoms with Crippen LogP contribution in [-0.4, -0.2) is 13.1 Å². The Morgan fingerprint density at radius 1 is 1.25 bits per heavy atom. The first-order valence-corrected chi connectivity index (χ1v) is 5.62. The fourth-order valence-corrected chi connectivity index (χ4v) is 1.98. The SMILES string of the molecule is COC(=O)C(c1cc(C)ccc1C)C(C)C. The van der Waals surface area contributed by atoms with E-state index in [0.717, 1.165) is 11.1 Å². The van der Waals surface area contributed by atoms with Gasteiger partial charge in [-0.05, 0) is 30.9 Å². The third-order valence-corrected chi connectivity index (χ3v) is 2.89. The molecule has 1 rings (SSSR count). The molecule has 16 heavy (non-hydrogen) atoms. The number of hydrogen-bond donors (Lipinski definition) is 0. The summed E-state index contributed by atoms with van der Waals surface area (Å²) in [6.07, 6.45) is 0. The third-order valence-electron chi connectivity index (χ3n) is 2.89. The molecule has 0 aliphatic rings. The first-order chi connectivity index (χ1) is 7.47. The summed E-state index contributed by atoms with van der Waals surface area (Å²) in [5, 5.41) is 0. The highest BCUT2D eigenvalue weighted by Gasteiger charge is 2.26. The van der Waals surface area contributed by atoms with E-state index in [1.807, 2.05) is 27.7 Å². The number of benzene rings is 1. The summed E-state index contributed by atoms with van der Waals surface area (Å²) in [5.74, 6) is -0.0680. The Bertz CT molecular complexity index is 380. The number of carbonyl (C=O) groups is 1. The Morgan fingerprint density at radius 2 is 1.88 bits per heavy atom. The van der Waals surface area contributed by atoms with E-state index in [1.54, 1.807) is 0 Å². The Labute approximate surface area is 97.6 Å². The lowest BCUT2D eigenvalue weighted by Crippen LogP contribution is -2.20. The van der Waals surface area contributed by atoms with Crippen molar-refractivity contribution in [3.05, 3.63) is 34.9 Å². The first-order valence-electron chi connectivity index (χ1n) is 5.62. The standard InChI is InChI=1S/C14H20O2/c1-9(2)13(14(15)16-5)12-8-10(3)6-7-11(12)4/h6-9,13H,1-5H3. The van der Waals surface area contributed by atoms with Crippen LogP contribution in [0, 0.1) is 19.8 Å². The van der Waals surface area contributed by atoms with Crippen molar-refractivity contribution in [1.82, 2.24) is 0 Å². The molecule has 0 amide bonds. The maximum absolute atomic E-state index is 11.8. The first kappa shape index (κ1) is 12.8. The Hall–Kier alpha value is -1.31. The molecule has 0 radical (unpaired) electrons. The number of esters is 1. The second-order valence-corrected chi connectivity index (χ2v) is 4.60. The van der Waals surface area contributed by atoms with E-state index in [9.17, 15) is 4.79 Å².